The molecule has 0 bridgehead atoms. The lowest BCUT2D eigenvalue weighted by molar-refractivity contribution is -0.137. The van der Waals surface area contributed by atoms with Crippen molar-refractivity contribution in [1.82, 2.24) is 14.9 Å². The predicted molar refractivity (Wildman–Crippen MR) is 184 cm³/mol. The molecule has 0 aliphatic carbocycles. The van der Waals surface area contributed by atoms with Gasteiger partial charge in [0.15, 0.2) is 5.78 Å². The van der Waals surface area contributed by atoms with E-state index in [4.69, 9.17) is 14.2 Å². The number of carbonyl (C=O) groups excluding carboxylic acids is 4. The average Bonchev–Trinajstić information content (AvgIpc) is 3.45. The van der Waals surface area contributed by atoms with Gasteiger partial charge in [-0.2, -0.15) is 18.2 Å². The summed E-state index contributed by atoms with van der Waals surface area (Å²) in [5.74, 6) is -0.835. The Morgan fingerprint density at radius 2 is 1.51 bits per heavy atom. The number of ether oxygens (including phenoxy) is 3. The summed E-state index contributed by atoms with van der Waals surface area (Å²) in [6, 6.07) is 3.21. The smallest absolute Gasteiger partial charge is 0.434 e. The Labute approximate surface area is 297 Å². The molecule has 1 saturated heterocycles. The van der Waals surface area contributed by atoms with Gasteiger partial charge in [-0.05, 0) is 92.9 Å². The van der Waals surface area contributed by atoms with Crippen LogP contribution in [0.4, 0.5) is 22.8 Å². The number of likely N-dealkylation sites (tertiary alicyclic amines) is 1. The van der Waals surface area contributed by atoms with Gasteiger partial charge >= 0.3 is 18.4 Å². The van der Waals surface area contributed by atoms with Crippen LogP contribution in [0.3, 0.4) is 0 Å². The lowest BCUT2D eigenvalue weighted by atomic mass is 9.94. The number of nitrogens with zero attached hydrogens (tertiary/aromatic N) is 4. The molecule has 1 aromatic carbocycles. The quantitative estimate of drug-likeness (QED) is 0.114. The van der Waals surface area contributed by atoms with Gasteiger partial charge in [0.1, 0.15) is 40.9 Å². The molecule has 11 nitrogen and oxygen atoms in total. The van der Waals surface area contributed by atoms with E-state index in [9.17, 15) is 32.3 Å². The minimum atomic E-state index is -4.76. The largest absolute Gasteiger partial charge is 0.488 e. The van der Waals surface area contributed by atoms with Crippen molar-refractivity contribution in [3.63, 3.8) is 0 Å². The Kier molecular flexibility index (Phi) is 13.9. The fourth-order valence-corrected chi connectivity index (χ4v) is 5.36. The highest BCUT2D eigenvalue weighted by Gasteiger charge is 2.35. The number of aliphatic imine (C=N–C) groups is 1. The van der Waals surface area contributed by atoms with Crippen LogP contribution in [-0.2, 0) is 33.3 Å². The molecule has 0 radical (unpaired) electrons. The number of halogens is 3. The fourth-order valence-electron chi connectivity index (χ4n) is 5.36. The second-order valence-corrected chi connectivity index (χ2v) is 14.8. The number of aromatic nitrogens is 2. The number of rotatable bonds is 13. The third kappa shape index (κ3) is 14.1. The van der Waals surface area contributed by atoms with Gasteiger partial charge in [-0.1, -0.05) is 6.42 Å². The van der Waals surface area contributed by atoms with E-state index in [1.165, 1.54) is 17.3 Å². The summed E-state index contributed by atoms with van der Waals surface area (Å²) in [5.41, 5.74) is -1.28. The number of benzene rings is 1. The van der Waals surface area contributed by atoms with Crippen LogP contribution >= 0.6 is 0 Å². The highest BCUT2D eigenvalue weighted by molar-refractivity contribution is 5.96. The maximum atomic E-state index is 14.2. The molecule has 2 heterocycles. The number of hydrogen-bond donors (Lipinski definition) is 0. The molecule has 14 heteroatoms. The first kappa shape index (κ1) is 41.1. The molecule has 3 rings (SSSR count). The first-order valence-electron chi connectivity index (χ1n) is 17.1. The minimum Gasteiger partial charge on any atom is -0.488 e. The van der Waals surface area contributed by atoms with E-state index in [0.29, 0.717) is 50.1 Å². The summed E-state index contributed by atoms with van der Waals surface area (Å²) in [5, 5.41) is 0. The van der Waals surface area contributed by atoms with Gasteiger partial charge in [0.2, 0.25) is 0 Å². The number of hydrogen-bond acceptors (Lipinski definition) is 9. The summed E-state index contributed by atoms with van der Waals surface area (Å²) < 4.78 is 59.5. The number of alkyl halides is 3. The van der Waals surface area contributed by atoms with Crippen molar-refractivity contribution >= 4 is 29.5 Å². The van der Waals surface area contributed by atoms with E-state index in [1.807, 2.05) is 0 Å². The molecule has 1 aliphatic rings. The Hall–Kier alpha value is -4.36. The van der Waals surface area contributed by atoms with Crippen LogP contribution in [0.5, 0.6) is 5.75 Å². The molecule has 1 fully saturated rings. The molecule has 2 aromatic rings. The predicted octanol–water partition coefficient (Wildman–Crippen LogP) is 8.08. The summed E-state index contributed by atoms with van der Waals surface area (Å²) in [6.45, 7) is 14.3. The monoisotopic (exact) mass is 718 g/mol. The summed E-state index contributed by atoms with van der Waals surface area (Å²) in [4.78, 5) is 64.5. The third-order valence-corrected chi connectivity index (χ3v) is 7.65. The van der Waals surface area contributed by atoms with Crippen molar-refractivity contribution < 1.29 is 46.6 Å². The van der Waals surface area contributed by atoms with Gasteiger partial charge in [-0.25, -0.2) is 19.6 Å². The fraction of sp³-hybridized carbons (Fsp3) is 0.595. The molecule has 1 aliphatic heterocycles. The molecule has 2 amide bonds. The van der Waals surface area contributed by atoms with E-state index in [2.05, 4.69) is 15.0 Å². The van der Waals surface area contributed by atoms with E-state index < -0.39 is 53.4 Å². The highest BCUT2D eigenvalue weighted by Crippen LogP contribution is 2.37. The Morgan fingerprint density at radius 1 is 0.882 bits per heavy atom. The maximum Gasteiger partial charge on any atom is 0.434 e. The maximum absolute atomic E-state index is 14.2. The second kappa shape index (κ2) is 17.2. The Balaban J connectivity index is 1.82. The van der Waals surface area contributed by atoms with E-state index >= 15 is 0 Å². The number of ketones is 2. The van der Waals surface area contributed by atoms with E-state index in [1.54, 1.807) is 55.4 Å². The van der Waals surface area contributed by atoms with E-state index in [-0.39, 0.29) is 47.7 Å². The van der Waals surface area contributed by atoms with Crippen molar-refractivity contribution in [2.24, 2.45) is 4.99 Å². The second-order valence-electron chi connectivity index (χ2n) is 14.8. The van der Waals surface area contributed by atoms with Gasteiger partial charge in [0.05, 0.1) is 12.1 Å². The van der Waals surface area contributed by atoms with Crippen molar-refractivity contribution in [1.29, 1.82) is 0 Å². The van der Waals surface area contributed by atoms with Crippen LogP contribution in [0, 0.1) is 6.92 Å². The van der Waals surface area contributed by atoms with Gasteiger partial charge in [-0.15, -0.1) is 0 Å². The van der Waals surface area contributed by atoms with Gasteiger partial charge in [-0.3, -0.25) is 9.59 Å². The number of amides is 2. The SMILES string of the molecule is CC(CCCCCC(=O)Cc1cc(C(F)(F)F)cc(CC(=O)c2cc(C)ncn2)c1O[C@@H]1CCN(C(=O)OC(C)(C)C)C1)=NC(=O)OC(C)(C)C. The van der Waals surface area contributed by atoms with Crippen LogP contribution in [0.25, 0.3) is 0 Å². The van der Waals surface area contributed by atoms with Gasteiger partial charge < -0.3 is 19.1 Å². The third-order valence-electron chi connectivity index (χ3n) is 7.65. The molecular formula is C37H49F3N4O7. The molecule has 280 valence electrons. The number of unbranched alkanes of at least 4 members (excludes halogenated alkanes) is 2. The molecule has 0 spiro atoms. The van der Waals surface area contributed by atoms with Crippen LogP contribution in [-0.4, -0.2) is 74.7 Å². The van der Waals surface area contributed by atoms with Crippen molar-refractivity contribution in [2.45, 2.75) is 130 Å². The zero-order chi connectivity index (χ0) is 38.1. The summed E-state index contributed by atoms with van der Waals surface area (Å²) >= 11 is 0. The Bertz CT molecular complexity index is 1610. The standard InChI is InChI=1S/C37H49F3N4O7/c1-23(43-33(47)50-35(3,4)5)12-10-9-11-13-28(45)19-25-17-27(37(38,39)40)18-26(20-31(46)30-16-24(2)41-22-42-30)32(25)49-29-14-15-44(21-29)34(48)51-36(6,7)8/h16-18,22,29H,9-15,19-21H2,1-8H3/t29-/m1/s1. The first-order valence-corrected chi connectivity index (χ1v) is 17.1. The first-order chi connectivity index (χ1) is 23.6. The van der Waals surface area contributed by atoms with Crippen LogP contribution in [0.15, 0.2) is 29.5 Å². The molecule has 0 saturated carbocycles. The molecule has 0 unspecified atom stereocenters. The lowest BCUT2D eigenvalue weighted by Crippen LogP contribution is -2.36. The molecule has 51 heavy (non-hydrogen) atoms. The van der Waals surface area contributed by atoms with Gasteiger partial charge in [0.25, 0.3) is 0 Å². The summed E-state index contributed by atoms with van der Waals surface area (Å²) in [6.07, 6.45) is -3.49. The Morgan fingerprint density at radius 3 is 2.12 bits per heavy atom. The highest BCUT2D eigenvalue weighted by atomic mass is 19.4. The molecule has 0 N–H and O–H groups in total. The van der Waals surface area contributed by atoms with Crippen molar-refractivity contribution in [3.05, 3.63) is 52.6 Å². The topological polar surface area (TPSA) is 137 Å². The minimum absolute atomic E-state index is 0.00699. The normalized spacial score (nSPS) is 15.5. The summed E-state index contributed by atoms with van der Waals surface area (Å²) in [7, 11) is 0. The van der Waals surface area contributed by atoms with Crippen molar-refractivity contribution in [3.8, 4) is 5.75 Å². The zero-order valence-electron chi connectivity index (χ0n) is 30.7. The van der Waals surface area contributed by atoms with Crippen LogP contribution in [0.1, 0.15) is 120 Å². The van der Waals surface area contributed by atoms with Crippen LogP contribution < -0.4 is 4.74 Å². The number of Topliss-reactive ketones (excluding diaryl/α,β-unsaturated/α-hetero) is 2. The average molecular weight is 719 g/mol. The zero-order valence-corrected chi connectivity index (χ0v) is 30.7. The number of carbonyl (C=O) groups is 4. The van der Waals surface area contributed by atoms with Crippen molar-refractivity contribution in [2.75, 3.05) is 13.1 Å². The van der Waals surface area contributed by atoms with Gasteiger partial charge in [0, 0.05) is 54.8 Å². The molecule has 1 atom stereocenters. The number of aryl methyl sites for hydroxylation is 1. The molecule has 1 aromatic heterocycles. The van der Waals surface area contributed by atoms with Crippen LogP contribution in [0.2, 0.25) is 0 Å². The molecular weight excluding hydrogens is 669 g/mol. The lowest BCUT2D eigenvalue weighted by Gasteiger charge is -2.25. The van der Waals surface area contributed by atoms with E-state index in [0.717, 1.165) is 12.1 Å².